The van der Waals surface area contributed by atoms with Gasteiger partial charge in [0.1, 0.15) is 23.5 Å². The van der Waals surface area contributed by atoms with Crippen molar-refractivity contribution in [3.8, 4) is 5.88 Å². The molecule has 1 saturated heterocycles. The van der Waals surface area contributed by atoms with Crippen LogP contribution in [-0.4, -0.2) is 56.9 Å². The van der Waals surface area contributed by atoms with E-state index in [1.165, 1.54) is 6.33 Å². The third-order valence-corrected chi connectivity index (χ3v) is 5.76. The van der Waals surface area contributed by atoms with Gasteiger partial charge in [0.15, 0.2) is 11.6 Å². The number of pyridine rings is 1. The number of halogens is 5. The Balaban J connectivity index is 1.52. The second-order valence-electron chi connectivity index (χ2n) is 9.51. The van der Waals surface area contributed by atoms with Crippen molar-refractivity contribution in [2.45, 2.75) is 51.5 Å². The van der Waals surface area contributed by atoms with Gasteiger partial charge in [0.25, 0.3) is 0 Å². The molecule has 37 heavy (non-hydrogen) atoms. The van der Waals surface area contributed by atoms with Gasteiger partial charge in [-0.3, -0.25) is 0 Å². The molecule has 198 valence electrons. The number of benzene rings is 1. The van der Waals surface area contributed by atoms with Gasteiger partial charge >= 0.3 is 12.3 Å². The molecule has 8 nitrogen and oxygen atoms in total. The molecule has 1 N–H and O–H groups in total. The van der Waals surface area contributed by atoms with Crippen LogP contribution in [0.4, 0.5) is 33.9 Å². The lowest BCUT2D eigenvalue weighted by Gasteiger charge is -2.24. The first-order valence-corrected chi connectivity index (χ1v) is 11.7. The van der Waals surface area contributed by atoms with Crippen molar-refractivity contribution in [3.05, 3.63) is 47.0 Å². The van der Waals surface area contributed by atoms with Gasteiger partial charge in [-0.1, -0.05) is 17.7 Å². The van der Waals surface area contributed by atoms with Gasteiger partial charge in [-0.2, -0.15) is 13.2 Å². The molecule has 4 rings (SSSR count). The summed E-state index contributed by atoms with van der Waals surface area (Å²) in [7, 11) is 0. The number of rotatable bonds is 5. The number of amides is 1. The van der Waals surface area contributed by atoms with Crippen LogP contribution in [0.2, 0.25) is 5.02 Å². The van der Waals surface area contributed by atoms with Crippen LogP contribution < -0.4 is 10.1 Å². The van der Waals surface area contributed by atoms with Crippen LogP contribution in [0.25, 0.3) is 11.0 Å². The molecule has 3 heterocycles. The molecule has 0 spiro atoms. The number of nitrogens with one attached hydrogen (secondary N) is 1. The molecule has 1 aliphatic heterocycles. The van der Waals surface area contributed by atoms with Crippen LogP contribution in [-0.2, 0) is 11.2 Å². The van der Waals surface area contributed by atoms with Crippen LogP contribution >= 0.6 is 11.6 Å². The Bertz CT molecular complexity index is 1320. The zero-order valence-electron chi connectivity index (χ0n) is 20.2. The summed E-state index contributed by atoms with van der Waals surface area (Å²) in [6.07, 6.45) is -4.82. The van der Waals surface area contributed by atoms with Gasteiger partial charge in [-0.25, -0.2) is 24.1 Å². The molecule has 0 unspecified atom stereocenters. The van der Waals surface area contributed by atoms with Crippen molar-refractivity contribution < 1.29 is 31.8 Å². The number of anilines is 2. The predicted molar refractivity (Wildman–Crippen MR) is 129 cm³/mol. The summed E-state index contributed by atoms with van der Waals surface area (Å²) in [5.74, 6) is -0.702. The van der Waals surface area contributed by atoms with E-state index in [2.05, 4.69) is 20.3 Å². The molecule has 1 fully saturated rings. The van der Waals surface area contributed by atoms with Gasteiger partial charge in [-0.15, -0.1) is 0 Å². The van der Waals surface area contributed by atoms with E-state index in [9.17, 15) is 22.4 Å². The Morgan fingerprint density at radius 1 is 1.19 bits per heavy atom. The van der Waals surface area contributed by atoms with E-state index in [0.29, 0.717) is 25.0 Å². The second-order valence-corrected chi connectivity index (χ2v) is 9.89. The van der Waals surface area contributed by atoms with Crippen molar-refractivity contribution in [2.75, 3.05) is 18.4 Å². The number of ether oxygens (including phenoxy) is 2. The first-order chi connectivity index (χ1) is 17.3. The maximum absolute atomic E-state index is 14.8. The summed E-state index contributed by atoms with van der Waals surface area (Å²) >= 11 is 5.86. The highest BCUT2D eigenvalue weighted by Crippen LogP contribution is 2.33. The number of carbonyl (C=O) groups is 1. The Morgan fingerprint density at radius 3 is 2.65 bits per heavy atom. The lowest BCUT2D eigenvalue weighted by atomic mass is 10.1. The van der Waals surface area contributed by atoms with E-state index in [0.717, 1.165) is 12.1 Å². The zero-order valence-corrected chi connectivity index (χ0v) is 21.0. The van der Waals surface area contributed by atoms with Gasteiger partial charge in [-0.05, 0) is 38.5 Å². The lowest BCUT2D eigenvalue weighted by molar-refractivity contribution is -0.127. The number of fused-ring (bicyclic) bond motifs is 1. The molecule has 3 aromatic rings. The van der Waals surface area contributed by atoms with Crippen molar-refractivity contribution in [3.63, 3.8) is 0 Å². The van der Waals surface area contributed by atoms with Gasteiger partial charge in [0, 0.05) is 19.0 Å². The van der Waals surface area contributed by atoms with E-state index < -0.39 is 35.1 Å². The SMILES string of the molecule is CC(C)(C)OC(=O)N1CC[C@H](Oc2ccc3ncnc(Nc4ccc(CC(F)(F)F)c(Cl)c4F)c3n2)C1. The van der Waals surface area contributed by atoms with Crippen LogP contribution in [0.5, 0.6) is 5.88 Å². The predicted octanol–water partition coefficient (Wildman–Crippen LogP) is 6.05. The third-order valence-electron chi connectivity index (χ3n) is 5.35. The highest BCUT2D eigenvalue weighted by Gasteiger charge is 2.32. The highest BCUT2D eigenvalue weighted by molar-refractivity contribution is 6.31. The van der Waals surface area contributed by atoms with E-state index in [1.54, 1.807) is 37.8 Å². The molecular formula is C24H24ClF4N5O3. The number of likely N-dealkylation sites (tertiary alicyclic amines) is 1. The minimum Gasteiger partial charge on any atom is -0.472 e. The van der Waals surface area contributed by atoms with E-state index in [-0.39, 0.29) is 34.6 Å². The molecule has 13 heteroatoms. The van der Waals surface area contributed by atoms with Crippen molar-refractivity contribution in [2.24, 2.45) is 0 Å². The number of hydrogen-bond donors (Lipinski definition) is 1. The number of alkyl halides is 3. The average molecular weight is 542 g/mol. The Morgan fingerprint density at radius 2 is 1.95 bits per heavy atom. The maximum atomic E-state index is 14.8. The molecular weight excluding hydrogens is 518 g/mol. The first-order valence-electron chi connectivity index (χ1n) is 11.4. The van der Waals surface area contributed by atoms with E-state index in [4.69, 9.17) is 21.1 Å². The molecule has 1 aliphatic rings. The van der Waals surface area contributed by atoms with E-state index >= 15 is 0 Å². The van der Waals surface area contributed by atoms with Gasteiger partial charge in [0.2, 0.25) is 5.88 Å². The smallest absolute Gasteiger partial charge is 0.410 e. The number of carbonyl (C=O) groups excluding carboxylic acids is 1. The summed E-state index contributed by atoms with van der Waals surface area (Å²) in [6, 6.07) is 5.50. The molecule has 2 aromatic heterocycles. The van der Waals surface area contributed by atoms with Crippen LogP contribution in [0.1, 0.15) is 32.8 Å². The summed E-state index contributed by atoms with van der Waals surface area (Å²) in [5, 5.41) is 2.10. The van der Waals surface area contributed by atoms with Crippen molar-refractivity contribution in [1.29, 1.82) is 0 Å². The minimum absolute atomic E-state index is 0.107. The normalized spacial score (nSPS) is 16.2. The Labute approximate surface area is 215 Å². The number of hydrogen-bond acceptors (Lipinski definition) is 7. The molecule has 0 radical (unpaired) electrons. The fourth-order valence-corrected chi connectivity index (χ4v) is 3.96. The first kappa shape index (κ1) is 26.6. The van der Waals surface area contributed by atoms with Crippen LogP contribution in [0.15, 0.2) is 30.6 Å². The summed E-state index contributed by atoms with van der Waals surface area (Å²) in [5.41, 5.74) is -0.492. The van der Waals surface area contributed by atoms with Crippen LogP contribution in [0.3, 0.4) is 0 Å². The van der Waals surface area contributed by atoms with Gasteiger partial charge in [0.05, 0.1) is 29.2 Å². The summed E-state index contributed by atoms with van der Waals surface area (Å²) in [6.45, 7) is 6.15. The second kappa shape index (κ2) is 10.2. The topological polar surface area (TPSA) is 89.5 Å². The quantitative estimate of drug-likeness (QED) is 0.393. The standard InChI is InChI=1S/C24H24ClF4N5O3/c1-23(2,3)37-22(35)34-9-8-14(11-34)36-17-7-6-16-20(33-17)21(31-12-30-16)32-15-5-4-13(10-24(27,28)29)18(25)19(15)26/h4-7,12,14H,8-11H2,1-3H3,(H,30,31,32)/t14-/m0/s1. The largest absolute Gasteiger partial charge is 0.472 e. The van der Waals surface area contributed by atoms with Crippen molar-refractivity contribution in [1.82, 2.24) is 19.9 Å². The molecule has 1 atom stereocenters. The van der Waals surface area contributed by atoms with Crippen LogP contribution in [0, 0.1) is 5.82 Å². The summed E-state index contributed by atoms with van der Waals surface area (Å²) < 4.78 is 64.3. The van der Waals surface area contributed by atoms with Gasteiger partial charge < -0.3 is 19.7 Å². The lowest BCUT2D eigenvalue weighted by Crippen LogP contribution is -2.36. The molecule has 1 amide bonds. The maximum Gasteiger partial charge on any atom is 0.410 e. The highest BCUT2D eigenvalue weighted by atomic mass is 35.5. The summed E-state index contributed by atoms with van der Waals surface area (Å²) in [4.78, 5) is 26.5. The number of nitrogens with zero attached hydrogens (tertiary/aromatic N) is 4. The molecule has 0 aliphatic carbocycles. The molecule has 0 saturated carbocycles. The van der Waals surface area contributed by atoms with Crippen molar-refractivity contribution >= 4 is 40.2 Å². The fourth-order valence-electron chi connectivity index (χ4n) is 3.73. The molecule has 0 bridgehead atoms. The minimum atomic E-state index is -4.53. The molecule has 1 aromatic carbocycles. The number of aromatic nitrogens is 3. The Hall–Kier alpha value is -3.41. The van der Waals surface area contributed by atoms with E-state index in [1.807, 2.05) is 0 Å². The fraction of sp³-hybridized carbons (Fsp3) is 0.417. The zero-order chi connectivity index (χ0) is 27.0. The monoisotopic (exact) mass is 541 g/mol. The average Bonchev–Trinajstić information content (AvgIpc) is 3.26. The third kappa shape index (κ3) is 6.68. The Kier molecular flexibility index (Phi) is 7.31.